The number of aromatic nitrogens is 2. The van der Waals surface area contributed by atoms with E-state index in [0.717, 1.165) is 24.8 Å². The summed E-state index contributed by atoms with van der Waals surface area (Å²) in [7, 11) is -0.665. The van der Waals surface area contributed by atoms with Gasteiger partial charge in [0.1, 0.15) is 10.9 Å². The Balaban J connectivity index is 1.68. The number of carbonyl (C=O) groups is 1. The van der Waals surface area contributed by atoms with Gasteiger partial charge < -0.3 is 5.32 Å². The summed E-state index contributed by atoms with van der Waals surface area (Å²) in [5.41, 5.74) is 1.88. The summed E-state index contributed by atoms with van der Waals surface area (Å²) in [6.07, 6.45) is 1.79. The summed E-state index contributed by atoms with van der Waals surface area (Å²) < 4.78 is 28.0. The molecule has 2 aromatic heterocycles. The molecular weight excluding hydrogens is 564 g/mol. The molecule has 1 unspecified atom stereocenters. The van der Waals surface area contributed by atoms with Crippen LogP contribution in [0.25, 0.3) is 21.3 Å². The van der Waals surface area contributed by atoms with Gasteiger partial charge in [-0.2, -0.15) is 0 Å². The van der Waals surface area contributed by atoms with Crippen molar-refractivity contribution in [1.29, 1.82) is 0 Å². The summed E-state index contributed by atoms with van der Waals surface area (Å²) >= 11 is 4.89. The predicted molar refractivity (Wildman–Crippen MR) is 147 cm³/mol. The molecule has 0 saturated carbocycles. The van der Waals surface area contributed by atoms with Crippen LogP contribution in [-0.2, 0) is 14.8 Å². The normalized spacial score (nSPS) is 12.7. The van der Waals surface area contributed by atoms with Crippen LogP contribution in [0.15, 0.2) is 69.0 Å². The summed E-state index contributed by atoms with van der Waals surface area (Å²) in [5, 5.41) is 3.29. The molecule has 0 radical (unpaired) electrons. The topological polar surface area (TPSA) is 101 Å². The summed E-state index contributed by atoms with van der Waals surface area (Å²) in [5.74, 6) is -0.388. The number of halogens is 1. The second-order valence-corrected chi connectivity index (χ2v) is 12.7. The third-order valence-electron chi connectivity index (χ3n) is 5.87. The molecule has 0 saturated heterocycles. The molecule has 1 atom stereocenters. The van der Waals surface area contributed by atoms with Gasteiger partial charge >= 0.3 is 0 Å². The van der Waals surface area contributed by atoms with Gasteiger partial charge in [0.05, 0.1) is 16.6 Å². The summed E-state index contributed by atoms with van der Waals surface area (Å²) in [6.45, 7) is 3.78. The van der Waals surface area contributed by atoms with E-state index >= 15 is 0 Å². The average molecular weight is 590 g/mol. The average Bonchev–Trinajstić information content (AvgIpc) is 3.18. The number of thiophene rings is 1. The number of rotatable bonds is 7. The maximum atomic E-state index is 13.6. The Hall–Kier alpha value is -2.86. The van der Waals surface area contributed by atoms with Crippen LogP contribution < -0.4 is 10.9 Å². The molecule has 188 valence electrons. The molecule has 2 heterocycles. The number of hydrogen-bond acceptors (Lipinski definition) is 6. The lowest BCUT2D eigenvalue weighted by molar-refractivity contribution is -0.119. The van der Waals surface area contributed by atoms with Crippen molar-refractivity contribution in [3.05, 3.63) is 74.6 Å². The first-order valence-corrected chi connectivity index (χ1v) is 14.2. The molecule has 0 fully saturated rings. The Morgan fingerprint density at radius 1 is 1.14 bits per heavy atom. The highest BCUT2D eigenvalue weighted by atomic mass is 79.9. The quantitative estimate of drug-likeness (QED) is 0.326. The van der Waals surface area contributed by atoms with Crippen molar-refractivity contribution in [1.82, 2.24) is 13.9 Å². The number of carbonyl (C=O) groups excluding carboxylic acids is 1. The molecule has 2 aromatic carbocycles. The number of fused-ring (bicyclic) bond motifs is 1. The third-order valence-corrected chi connectivity index (χ3v) is 9.24. The van der Waals surface area contributed by atoms with Crippen LogP contribution in [0.1, 0.15) is 24.3 Å². The van der Waals surface area contributed by atoms with Crippen LogP contribution in [0.3, 0.4) is 0 Å². The van der Waals surface area contributed by atoms with Crippen molar-refractivity contribution in [2.75, 3.05) is 19.4 Å². The highest BCUT2D eigenvalue weighted by Gasteiger charge is 2.24. The lowest BCUT2D eigenvalue weighted by atomic mass is 10.0. The lowest BCUT2D eigenvalue weighted by Gasteiger charge is -2.18. The molecule has 4 rings (SSSR count). The molecule has 0 aliphatic heterocycles. The summed E-state index contributed by atoms with van der Waals surface area (Å²) in [4.78, 5) is 33.1. The van der Waals surface area contributed by atoms with Crippen molar-refractivity contribution in [2.24, 2.45) is 0 Å². The van der Waals surface area contributed by atoms with E-state index in [4.69, 9.17) is 0 Å². The second-order valence-electron chi connectivity index (χ2n) is 8.40. The van der Waals surface area contributed by atoms with Gasteiger partial charge in [0.15, 0.2) is 0 Å². The van der Waals surface area contributed by atoms with Crippen molar-refractivity contribution in [2.45, 2.75) is 31.2 Å². The minimum atomic E-state index is -3.57. The Kier molecular flexibility index (Phi) is 7.46. The number of aryl methyl sites for hydroxylation is 1. The Labute approximate surface area is 221 Å². The number of nitrogens with zero attached hydrogens (tertiary/aromatic N) is 3. The maximum Gasteiger partial charge on any atom is 0.263 e. The van der Waals surface area contributed by atoms with Crippen LogP contribution in [0.2, 0.25) is 0 Å². The van der Waals surface area contributed by atoms with Gasteiger partial charge in [-0.3, -0.25) is 14.2 Å². The fourth-order valence-electron chi connectivity index (χ4n) is 3.96. The van der Waals surface area contributed by atoms with E-state index in [9.17, 15) is 18.0 Å². The van der Waals surface area contributed by atoms with Crippen molar-refractivity contribution < 1.29 is 13.2 Å². The molecule has 0 bridgehead atoms. The molecule has 11 heteroatoms. The van der Waals surface area contributed by atoms with Crippen LogP contribution >= 0.6 is 27.3 Å². The number of amides is 1. The Bertz CT molecular complexity index is 1590. The first kappa shape index (κ1) is 26.2. The number of sulfonamides is 1. The fourth-order valence-corrected chi connectivity index (χ4v) is 6.13. The van der Waals surface area contributed by atoms with Crippen molar-refractivity contribution in [3.8, 4) is 11.1 Å². The van der Waals surface area contributed by atoms with Gasteiger partial charge in [-0.1, -0.05) is 35.0 Å². The van der Waals surface area contributed by atoms with Gasteiger partial charge in [0.25, 0.3) is 5.56 Å². The zero-order valence-electron chi connectivity index (χ0n) is 20.1. The van der Waals surface area contributed by atoms with E-state index in [0.29, 0.717) is 22.3 Å². The third kappa shape index (κ3) is 4.88. The molecular formula is C25H25BrN4O4S2. The fraction of sp³-hybridized carbons (Fsp3) is 0.240. The molecule has 1 amide bonds. The number of benzene rings is 2. The van der Waals surface area contributed by atoms with Gasteiger partial charge in [-0.15, -0.1) is 11.3 Å². The van der Waals surface area contributed by atoms with Crippen molar-refractivity contribution >= 4 is 59.1 Å². The van der Waals surface area contributed by atoms with E-state index < -0.39 is 16.1 Å². The van der Waals surface area contributed by atoms with Crippen molar-refractivity contribution in [3.63, 3.8) is 0 Å². The molecule has 1 N–H and O–H groups in total. The first-order valence-electron chi connectivity index (χ1n) is 11.1. The van der Waals surface area contributed by atoms with E-state index in [2.05, 4.69) is 26.2 Å². The van der Waals surface area contributed by atoms with E-state index in [1.54, 1.807) is 0 Å². The van der Waals surface area contributed by atoms with Crippen LogP contribution in [0.5, 0.6) is 0 Å². The molecule has 8 nitrogen and oxygen atoms in total. The monoisotopic (exact) mass is 588 g/mol. The van der Waals surface area contributed by atoms with Gasteiger partial charge in [-0.05, 0) is 55.3 Å². The van der Waals surface area contributed by atoms with E-state index in [1.807, 2.05) is 38.1 Å². The van der Waals surface area contributed by atoms with Crippen LogP contribution in [0.4, 0.5) is 5.69 Å². The second kappa shape index (κ2) is 10.3. The standard InChI is InChI=1S/C25H25BrN4O4S2/c1-5-20(23(31)28-18-10-12-19(13-11-18)36(33,34)29(3)4)30-14-27-24-22(25(30)32)21(15(2)35-24)16-6-8-17(26)9-7-16/h6-14,20H,5H2,1-4H3,(H,28,31). The zero-order chi connectivity index (χ0) is 26.2. The summed E-state index contributed by atoms with van der Waals surface area (Å²) in [6, 6.07) is 12.9. The molecule has 0 aliphatic carbocycles. The smallest absolute Gasteiger partial charge is 0.263 e. The van der Waals surface area contributed by atoms with Crippen LogP contribution in [0, 0.1) is 6.92 Å². The van der Waals surface area contributed by atoms with Gasteiger partial charge in [0, 0.05) is 34.7 Å². The SMILES string of the molecule is CCC(C(=O)Nc1ccc(S(=O)(=O)N(C)C)cc1)n1cnc2sc(C)c(-c3ccc(Br)cc3)c2c1=O. The Morgan fingerprint density at radius 3 is 2.36 bits per heavy atom. The van der Waals surface area contributed by atoms with Crippen LogP contribution in [-0.4, -0.2) is 42.3 Å². The minimum absolute atomic E-state index is 0.122. The van der Waals surface area contributed by atoms with Gasteiger partial charge in [-0.25, -0.2) is 17.7 Å². The predicted octanol–water partition coefficient (Wildman–Crippen LogP) is 5.04. The highest BCUT2D eigenvalue weighted by molar-refractivity contribution is 9.10. The Morgan fingerprint density at radius 2 is 1.78 bits per heavy atom. The van der Waals surface area contributed by atoms with E-state index in [1.165, 1.54) is 60.6 Å². The van der Waals surface area contributed by atoms with Gasteiger partial charge in [0.2, 0.25) is 15.9 Å². The molecule has 0 spiro atoms. The molecule has 4 aromatic rings. The number of anilines is 1. The number of hydrogen-bond donors (Lipinski definition) is 1. The molecule has 36 heavy (non-hydrogen) atoms. The largest absolute Gasteiger partial charge is 0.324 e. The maximum absolute atomic E-state index is 13.6. The zero-order valence-corrected chi connectivity index (χ0v) is 23.4. The highest BCUT2D eigenvalue weighted by Crippen LogP contribution is 2.36. The van der Waals surface area contributed by atoms with E-state index in [-0.39, 0.29) is 16.4 Å². The minimum Gasteiger partial charge on any atom is -0.324 e. The lowest BCUT2D eigenvalue weighted by Crippen LogP contribution is -2.33. The number of nitrogens with one attached hydrogen (secondary N) is 1. The molecule has 0 aliphatic rings. The first-order chi connectivity index (χ1) is 17.0.